The van der Waals surface area contributed by atoms with Crippen molar-refractivity contribution in [2.24, 2.45) is 0 Å². The number of aromatic nitrogens is 3. The third-order valence-corrected chi connectivity index (χ3v) is 6.92. The van der Waals surface area contributed by atoms with Crippen LogP contribution >= 0.6 is 0 Å². The van der Waals surface area contributed by atoms with Crippen LogP contribution < -0.4 is 10.6 Å². The van der Waals surface area contributed by atoms with Crippen molar-refractivity contribution < 1.29 is 9.72 Å². The highest BCUT2D eigenvalue weighted by Crippen LogP contribution is 2.40. The number of aryl methyl sites for hydroxylation is 4. The van der Waals surface area contributed by atoms with Gasteiger partial charge in [0.1, 0.15) is 11.5 Å². The van der Waals surface area contributed by atoms with Crippen LogP contribution in [-0.2, 0) is 11.2 Å². The van der Waals surface area contributed by atoms with Gasteiger partial charge in [-0.2, -0.15) is 9.24 Å². The summed E-state index contributed by atoms with van der Waals surface area (Å²) in [5, 5.41) is 13.8. The van der Waals surface area contributed by atoms with Crippen molar-refractivity contribution in [1.82, 2.24) is 14.2 Å². The molecule has 0 fully saturated rings. The van der Waals surface area contributed by atoms with Gasteiger partial charge in [-0.15, -0.1) is 0 Å². The smallest absolute Gasteiger partial charge is 0.329 e. The van der Waals surface area contributed by atoms with Gasteiger partial charge in [0, 0.05) is 17.2 Å². The van der Waals surface area contributed by atoms with Gasteiger partial charge in [0.2, 0.25) is 0 Å². The fourth-order valence-corrected chi connectivity index (χ4v) is 5.38. The molecule has 1 aliphatic carbocycles. The second kappa shape index (κ2) is 8.12. The van der Waals surface area contributed by atoms with E-state index in [2.05, 4.69) is 4.98 Å². The lowest BCUT2D eigenvalue weighted by atomic mass is 9.96. The summed E-state index contributed by atoms with van der Waals surface area (Å²) in [6.07, 6.45) is 4.44. The van der Waals surface area contributed by atoms with Crippen LogP contribution in [0, 0.1) is 30.9 Å². The predicted octanol–water partition coefficient (Wildman–Crippen LogP) is 4.39. The molecule has 0 saturated carbocycles. The number of rotatable bonds is 3. The minimum Gasteiger partial charge on any atom is -0.358 e. The summed E-state index contributed by atoms with van der Waals surface area (Å²) in [7, 11) is 0. The quantitative estimate of drug-likeness (QED) is 0.311. The maximum Gasteiger partial charge on any atom is 0.329 e. The van der Waals surface area contributed by atoms with E-state index in [9.17, 15) is 19.7 Å². The van der Waals surface area contributed by atoms with Crippen molar-refractivity contribution in [2.75, 3.05) is 5.01 Å². The van der Waals surface area contributed by atoms with Crippen molar-refractivity contribution >= 4 is 33.9 Å². The first-order chi connectivity index (χ1) is 17.8. The number of amides is 1. The minimum absolute atomic E-state index is 0.130. The molecule has 9 nitrogen and oxygen atoms in total. The molecule has 2 aromatic carbocycles. The van der Waals surface area contributed by atoms with E-state index in [1.165, 1.54) is 20.5 Å². The van der Waals surface area contributed by atoms with Crippen LogP contribution in [0.2, 0.25) is 0 Å². The number of allylic oxidation sites excluding steroid dienone is 1. The zero-order valence-electron chi connectivity index (χ0n) is 20.6. The summed E-state index contributed by atoms with van der Waals surface area (Å²) in [5.41, 5.74) is 4.61. The minimum atomic E-state index is -0.447. The van der Waals surface area contributed by atoms with Crippen molar-refractivity contribution in [1.29, 1.82) is 0 Å². The van der Waals surface area contributed by atoms with Gasteiger partial charge < -0.3 is 10.1 Å². The molecule has 1 aliphatic heterocycles. The molecule has 184 valence electrons. The first-order valence-electron chi connectivity index (χ1n) is 12.0. The number of nitro groups is 1. The molecule has 0 bridgehead atoms. The molecule has 37 heavy (non-hydrogen) atoms. The van der Waals surface area contributed by atoms with E-state index in [0.717, 1.165) is 16.7 Å². The van der Waals surface area contributed by atoms with Crippen LogP contribution in [0.15, 0.2) is 65.6 Å². The highest BCUT2D eigenvalue weighted by molar-refractivity contribution is 6.26. The average Bonchev–Trinajstić information content (AvgIpc) is 3.21. The van der Waals surface area contributed by atoms with E-state index in [1.807, 2.05) is 50.2 Å². The van der Waals surface area contributed by atoms with E-state index in [-0.39, 0.29) is 11.4 Å². The van der Waals surface area contributed by atoms with Gasteiger partial charge in [0.15, 0.2) is 5.70 Å². The summed E-state index contributed by atoms with van der Waals surface area (Å²) >= 11 is 0. The fraction of sp³-hybridized carbons (Fsp3) is 0.179. The van der Waals surface area contributed by atoms with Crippen LogP contribution in [0.4, 0.5) is 5.82 Å². The van der Waals surface area contributed by atoms with Gasteiger partial charge in [-0.1, -0.05) is 42.5 Å². The molecule has 0 N–H and O–H groups in total. The van der Waals surface area contributed by atoms with Gasteiger partial charge in [0.05, 0.1) is 22.7 Å². The first-order valence-corrected chi connectivity index (χ1v) is 12.0. The van der Waals surface area contributed by atoms with E-state index in [4.69, 9.17) is 0 Å². The Morgan fingerprint density at radius 2 is 1.78 bits per heavy atom. The summed E-state index contributed by atoms with van der Waals surface area (Å²) in [6, 6.07) is 14.4. The molecule has 6 rings (SSSR count). The third-order valence-electron chi connectivity index (χ3n) is 6.92. The van der Waals surface area contributed by atoms with Crippen LogP contribution in [0.1, 0.15) is 40.2 Å². The predicted molar refractivity (Wildman–Crippen MR) is 141 cm³/mol. The Balaban J connectivity index is 1.71. The molecule has 1 amide bonds. The van der Waals surface area contributed by atoms with E-state index >= 15 is 0 Å². The number of benzene rings is 2. The molecule has 0 unspecified atom stereocenters. The topological polar surface area (TPSA) is 103 Å². The zero-order valence-corrected chi connectivity index (χ0v) is 20.6. The van der Waals surface area contributed by atoms with Crippen LogP contribution in [-0.4, -0.2) is 25.1 Å². The average molecular weight is 494 g/mol. The molecular formula is C28H23N5O4. The monoisotopic (exact) mass is 493 g/mol. The van der Waals surface area contributed by atoms with Crippen LogP contribution in [0.3, 0.4) is 0 Å². The molecule has 2 aromatic heterocycles. The molecule has 0 saturated heterocycles. The summed E-state index contributed by atoms with van der Waals surface area (Å²) < 4.78 is 2.79. The highest BCUT2D eigenvalue weighted by Gasteiger charge is 2.39. The Kier molecular flexibility index (Phi) is 4.98. The van der Waals surface area contributed by atoms with E-state index in [0.29, 0.717) is 52.1 Å². The Morgan fingerprint density at radius 3 is 2.51 bits per heavy atom. The second-order valence-electron chi connectivity index (χ2n) is 9.41. The lowest BCUT2D eigenvalue weighted by Gasteiger charge is -2.23. The van der Waals surface area contributed by atoms with Gasteiger partial charge in [-0.25, -0.2) is 9.99 Å². The molecule has 0 radical (unpaired) electrons. The molecule has 2 aliphatic rings. The lowest BCUT2D eigenvalue weighted by molar-refractivity contribution is -0.390. The molecule has 0 atom stereocenters. The Hall–Kier alpha value is -4.79. The molecule has 9 heteroatoms. The SMILES string of the molecule is Cc1cc(C)c2nc(C)n(N3C=C(c4ccccc4)n4c([N+](=O)[O-])cc5c4C(=CCC5)C3=O)c(=O)c2c1. The first kappa shape index (κ1) is 22.7. The summed E-state index contributed by atoms with van der Waals surface area (Å²) in [5.74, 6) is -0.245. The summed E-state index contributed by atoms with van der Waals surface area (Å²) in [4.78, 5) is 44.4. The highest BCUT2D eigenvalue weighted by atomic mass is 16.6. The Morgan fingerprint density at radius 1 is 1.03 bits per heavy atom. The standard InChI is InChI=1S/C28H23N5O4/c1-16-12-17(2)25-22(13-16)28(35)32(18(3)29-25)30-15-23(19-8-5-4-6-9-19)31-24(33(36)37)14-20-10-7-11-21(26(20)31)27(30)34/h4-6,8-9,11-15H,7,10H2,1-3H3. The van der Waals surface area contributed by atoms with Gasteiger partial charge in [0.25, 0.3) is 11.5 Å². The maximum absolute atomic E-state index is 14.1. The van der Waals surface area contributed by atoms with Crippen molar-refractivity contribution in [2.45, 2.75) is 33.6 Å². The Bertz CT molecular complexity index is 1780. The van der Waals surface area contributed by atoms with Gasteiger partial charge in [-0.05, 0) is 55.7 Å². The number of hydrogen-bond acceptors (Lipinski definition) is 5. The van der Waals surface area contributed by atoms with Crippen molar-refractivity contribution in [3.8, 4) is 0 Å². The van der Waals surface area contributed by atoms with Gasteiger partial charge >= 0.3 is 5.82 Å². The van der Waals surface area contributed by atoms with Crippen LogP contribution in [0.25, 0.3) is 22.2 Å². The van der Waals surface area contributed by atoms with Crippen molar-refractivity contribution in [3.05, 3.63) is 115 Å². The Labute approximate surface area is 211 Å². The zero-order chi connectivity index (χ0) is 26.0. The fourth-order valence-electron chi connectivity index (χ4n) is 5.38. The van der Waals surface area contributed by atoms with E-state index in [1.54, 1.807) is 25.1 Å². The molecule has 0 spiro atoms. The third kappa shape index (κ3) is 3.35. The molecular weight excluding hydrogens is 470 g/mol. The largest absolute Gasteiger partial charge is 0.358 e. The number of fused-ring (bicyclic) bond motifs is 1. The number of carbonyl (C=O) groups is 1. The number of carbonyl (C=O) groups excluding carboxylic acids is 1. The second-order valence-corrected chi connectivity index (χ2v) is 9.41. The summed E-state index contributed by atoms with van der Waals surface area (Å²) in [6.45, 7) is 5.48. The number of nitrogens with zero attached hydrogens (tertiary/aromatic N) is 5. The van der Waals surface area contributed by atoms with Gasteiger partial charge in [-0.3, -0.25) is 9.59 Å². The normalized spacial score (nSPS) is 14.8. The maximum atomic E-state index is 14.1. The molecule has 4 aromatic rings. The van der Waals surface area contributed by atoms with E-state index < -0.39 is 10.8 Å². The van der Waals surface area contributed by atoms with Crippen molar-refractivity contribution in [3.63, 3.8) is 0 Å². The van der Waals surface area contributed by atoms with Crippen LogP contribution in [0.5, 0.6) is 0 Å². The molecule has 3 heterocycles. The number of hydrogen-bond donors (Lipinski definition) is 0. The lowest BCUT2D eigenvalue weighted by Crippen LogP contribution is -2.44.